The second-order valence-corrected chi connectivity index (χ2v) is 13.4. The van der Waals surface area contributed by atoms with Crippen molar-refractivity contribution in [1.29, 1.82) is 0 Å². The van der Waals surface area contributed by atoms with Gasteiger partial charge in [0.05, 0.1) is 0 Å². The lowest BCUT2D eigenvalue weighted by Gasteiger charge is -2.58. The van der Waals surface area contributed by atoms with Crippen LogP contribution in [0, 0.1) is 35.5 Å². The first-order valence-corrected chi connectivity index (χ1v) is 13.5. The zero-order valence-electron chi connectivity index (χ0n) is 19.2. The molecule has 0 heterocycles. The highest BCUT2D eigenvalue weighted by atomic mass is 16.3. The first-order valence-electron chi connectivity index (χ1n) is 13.5. The normalized spacial score (nSPS) is 45.8. The Kier molecular flexibility index (Phi) is 3.53. The zero-order valence-corrected chi connectivity index (χ0v) is 19.2. The van der Waals surface area contributed by atoms with Crippen LogP contribution in [0.2, 0.25) is 0 Å². The minimum atomic E-state index is 0.0612. The molecule has 0 saturated heterocycles. The van der Waals surface area contributed by atoms with Crippen molar-refractivity contribution in [2.45, 2.75) is 87.9 Å². The molecule has 8 aliphatic carbocycles. The average molecular weight is 429 g/mol. The molecule has 0 spiro atoms. The van der Waals surface area contributed by atoms with Crippen molar-refractivity contribution in [3.63, 3.8) is 0 Å². The summed E-state index contributed by atoms with van der Waals surface area (Å²) in [6, 6.07) is 8.87. The molecule has 8 bridgehead atoms. The molecule has 2 aromatic carbocycles. The highest BCUT2D eigenvalue weighted by molar-refractivity contribution is 5.93. The van der Waals surface area contributed by atoms with E-state index < -0.39 is 0 Å². The SMILES string of the molecule is Oc1cc2c(C34CC5CC(CC(C5)C3)C4)ccc(C34CC5CC(CC(C5)C3)C4)c2cc1O. The molecule has 2 heteroatoms. The highest BCUT2D eigenvalue weighted by Gasteiger charge is 2.54. The fourth-order valence-electron chi connectivity index (χ4n) is 11.2. The van der Waals surface area contributed by atoms with Crippen LogP contribution in [-0.2, 0) is 10.8 Å². The molecule has 0 radical (unpaired) electrons. The van der Waals surface area contributed by atoms with Crippen molar-refractivity contribution >= 4 is 10.8 Å². The topological polar surface area (TPSA) is 40.5 Å². The first kappa shape index (κ1) is 18.7. The molecule has 0 amide bonds. The Morgan fingerprint density at radius 2 is 0.781 bits per heavy atom. The summed E-state index contributed by atoms with van der Waals surface area (Å²) in [5.41, 5.74) is 3.60. The summed E-state index contributed by atoms with van der Waals surface area (Å²) in [4.78, 5) is 0. The van der Waals surface area contributed by atoms with Gasteiger partial charge in [0, 0.05) is 0 Å². The van der Waals surface area contributed by atoms with Gasteiger partial charge in [-0.05, 0) is 157 Å². The minimum absolute atomic E-state index is 0.0612. The summed E-state index contributed by atoms with van der Waals surface area (Å²) >= 11 is 0. The van der Waals surface area contributed by atoms with Gasteiger partial charge < -0.3 is 10.2 Å². The molecule has 8 aliphatic rings. The van der Waals surface area contributed by atoms with Gasteiger partial charge in [-0.3, -0.25) is 0 Å². The predicted molar refractivity (Wildman–Crippen MR) is 127 cm³/mol. The minimum Gasteiger partial charge on any atom is -0.504 e. The predicted octanol–water partition coefficient (Wildman–Crippen LogP) is 7.19. The molecule has 168 valence electrons. The lowest BCUT2D eigenvalue weighted by Crippen LogP contribution is -2.49. The molecular weight excluding hydrogens is 392 g/mol. The van der Waals surface area contributed by atoms with Gasteiger partial charge in [0.2, 0.25) is 0 Å². The molecular formula is C30H36O2. The van der Waals surface area contributed by atoms with Gasteiger partial charge in [0.15, 0.2) is 11.5 Å². The van der Waals surface area contributed by atoms with E-state index in [9.17, 15) is 10.2 Å². The first-order chi connectivity index (χ1) is 15.5. The van der Waals surface area contributed by atoms with Crippen LogP contribution in [-0.4, -0.2) is 10.2 Å². The van der Waals surface area contributed by atoms with Crippen molar-refractivity contribution in [1.82, 2.24) is 0 Å². The van der Waals surface area contributed by atoms with E-state index in [0.717, 1.165) is 35.5 Å². The Morgan fingerprint density at radius 3 is 1.06 bits per heavy atom. The van der Waals surface area contributed by atoms with Crippen LogP contribution < -0.4 is 0 Å². The third-order valence-corrected chi connectivity index (χ3v) is 11.3. The molecule has 10 rings (SSSR count). The fraction of sp³-hybridized carbons (Fsp3) is 0.667. The van der Waals surface area contributed by atoms with E-state index in [2.05, 4.69) is 12.1 Å². The Morgan fingerprint density at radius 1 is 0.500 bits per heavy atom. The van der Waals surface area contributed by atoms with Crippen LogP contribution in [0.4, 0.5) is 0 Å². The molecule has 0 aliphatic heterocycles. The number of hydrogen-bond acceptors (Lipinski definition) is 2. The van der Waals surface area contributed by atoms with E-state index in [4.69, 9.17) is 0 Å². The largest absolute Gasteiger partial charge is 0.504 e. The second kappa shape index (κ2) is 6.05. The summed E-state index contributed by atoms with van der Waals surface area (Å²) < 4.78 is 0. The molecule has 2 aromatic rings. The molecule has 8 fully saturated rings. The third-order valence-electron chi connectivity index (χ3n) is 11.3. The molecule has 2 N–H and O–H groups in total. The Labute approximate surface area is 191 Å². The lowest BCUT2D eigenvalue weighted by atomic mass is 9.46. The molecule has 0 aromatic heterocycles. The van der Waals surface area contributed by atoms with Crippen molar-refractivity contribution in [3.05, 3.63) is 35.4 Å². The standard InChI is InChI=1S/C30H36O2/c31-27-9-23-24(10-28(27)32)26(30-14-20-6-21(15-30)8-22(7-20)16-30)2-1-25(23)29-11-17-3-18(12-29)5-19(4-17)13-29/h1-2,9-10,17-22,31-32H,3-8,11-16H2. The molecule has 0 atom stereocenters. The number of rotatable bonds is 2. The molecule has 2 nitrogen and oxygen atoms in total. The Bertz CT molecular complexity index is 968. The van der Waals surface area contributed by atoms with Crippen LogP contribution in [0.3, 0.4) is 0 Å². The van der Waals surface area contributed by atoms with E-state index in [1.807, 2.05) is 12.1 Å². The van der Waals surface area contributed by atoms with Gasteiger partial charge in [-0.2, -0.15) is 0 Å². The van der Waals surface area contributed by atoms with Gasteiger partial charge >= 0.3 is 0 Å². The number of fused-ring (bicyclic) bond motifs is 1. The maximum absolute atomic E-state index is 10.6. The zero-order chi connectivity index (χ0) is 21.2. The smallest absolute Gasteiger partial charge is 0.158 e. The monoisotopic (exact) mass is 428 g/mol. The lowest BCUT2D eigenvalue weighted by molar-refractivity contribution is -0.00590. The number of hydrogen-bond donors (Lipinski definition) is 2. The van der Waals surface area contributed by atoms with Crippen LogP contribution in [0.5, 0.6) is 11.5 Å². The van der Waals surface area contributed by atoms with Crippen LogP contribution in [0.1, 0.15) is 88.2 Å². The summed E-state index contributed by atoms with van der Waals surface area (Å²) in [7, 11) is 0. The molecule has 32 heavy (non-hydrogen) atoms. The van der Waals surface area contributed by atoms with Gasteiger partial charge in [0.1, 0.15) is 0 Å². The number of phenols is 2. The van der Waals surface area contributed by atoms with Gasteiger partial charge in [-0.25, -0.2) is 0 Å². The number of phenolic OH excluding ortho intramolecular Hbond substituents is 2. The molecule has 0 unspecified atom stereocenters. The van der Waals surface area contributed by atoms with Gasteiger partial charge in [0.25, 0.3) is 0 Å². The fourth-order valence-corrected chi connectivity index (χ4v) is 11.2. The van der Waals surface area contributed by atoms with Crippen molar-refractivity contribution in [2.24, 2.45) is 35.5 Å². The Hall–Kier alpha value is -1.70. The van der Waals surface area contributed by atoms with Crippen LogP contribution in [0.25, 0.3) is 10.8 Å². The summed E-state index contributed by atoms with van der Waals surface area (Å²) in [6.07, 6.45) is 16.8. The Balaban J connectivity index is 1.33. The number of aromatic hydroxyl groups is 2. The maximum Gasteiger partial charge on any atom is 0.158 e. The quantitative estimate of drug-likeness (QED) is 0.497. The van der Waals surface area contributed by atoms with Gasteiger partial charge in [-0.1, -0.05) is 12.1 Å². The van der Waals surface area contributed by atoms with Crippen molar-refractivity contribution < 1.29 is 10.2 Å². The average Bonchev–Trinajstić information content (AvgIpc) is 2.72. The van der Waals surface area contributed by atoms with Crippen LogP contribution in [0.15, 0.2) is 24.3 Å². The highest BCUT2D eigenvalue weighted by Crippen LogP contribution is 2.64. The summed E-state index contributed by atoms with van der Waals surface area (Å²) in [5.74, 6) is 5.57. The third kappa shape index (κ3) is 2.42. The van der Waals surface area contributed by atoms with Crippen molar-refractivity contribution in [3.8, 4) is 11.5 Å². The summed E-state index contributed by atoms with van der Waals surface area (Å²) in [6.45, 7) is 0. The second-order valence-electron chi connectivity index (χ2n) is 13.4. The van der Waals surface area contributed by atoms with Crippen LogP contribution >= 0.6 is 0 Å². The maximum atomic E-state index is 10.6. The van der Waals surface area contributed by atoms with E-state index in [0.29, 0.717) is 10.8 Å². The van der Waals surface area contributed by atoms with E-state index >= 15 is 0 Å². The summed E-state index contributed by atoms with van der Waals surface area (Å²) in [5, 5.41) is 23.7. The van der Waals surface area contributed by atoms with E-state index in [1.165, 1.54) is 98.9 Å². The molecule has 8 saturated carbocycles. The van der Waals surface area contributed by atoms with E-state index in [-0.39, 0.29) is 11.5 Å². The van der Waals surface area contributed by atoms with Crippen molar-refractivity contribution in [2.75, 3.05) is 0 Å². The number of benzene rings is 2. The van der Waals surface area contributed by atoms with Gasteiger partial charge in [-0.15, -0.1) is 0 Å². The van der Waals surface area contributed by atoms with E-state index in [1.54, 1.807) is 0 Å².